The summed E-state index contributed by atoms with van der Waals surface area (Å²) in [6.45, 7) is 10.2. The molecule has 2 rings (SSSR count). The first kappa shape index (κ1) is 12.2. The third-order valence-electron chi connectivity index (χ3n) is 3.88. The van der Waals surface area contributed by atoms with Gasteiger partial charge in [-0.1, -0.05) is 13.0 Å². The van der Waals surface area contributed by atoms with Gasteiger partial charge < -0.3 is 15.6 Å². The zero-order valence-electron chi connectivity index (χ0n) is 10.9. The van der Waals surface area contributed by atoms with Crippen LogP contribution in [0, 0.1) is 17.2 Å². The minimum absolute atomic E-state index is 0.570. The summed E-state index contributed by atoms with van der Waals surface area (Å²) in [5, 5.41) is 10.7. The average Bonchev–Trinajstić information content (AvgIpc) is 2.73. The first-order chi connectivity index (χ1) is 8.06. The summed E-state index contributed by atoms with van der Waals surface area (Å²) in [4.78, 5) is 2.37. The molecule has 2 unspecified atom stereocenters. The van der Waals surface area contributed by atoms with E-state index in [0.29, 0.717) is 5.71 Å². The highest BCUT2D eigenvalue weighted by molar-refractivity contribution is 5.90. The molecule has 1 heterocycles. The first-order valence-corrected chi connectivity index (χ1v) is 6.50. The highest BCUT2D eigenvalue weighted by atomic mass is 15.3. The average molecular weight is 233 g/mol. The summed E-state index contributed by atoms with van der Waals surface area (Å²) in [6.07, 6.45) is 6.03. The second-order valence-corrected chi connectivity index (χ2v) is 5.44. The Kier molecular flexibility index (Phi) is 3.55. The van der Waals surface area contributed by atoms with Crippen molar-refractivity contribution in [3.05, 3.63) is 24.2 Å². The molecule has 2 atom stereocenters. The second kappa shape index (κ2) is 4.94. The maximum Gasteiger partial charge on any atom is 0.0981 e. The molecule has 3 nitrogen and oxygen atoms in total. The van der Waals surface area contributed by atoms with Crippen LogP contribution in [-0.4, -0.2) is 23.7 Å². The van der Waals surface area contributed by atoms with Crippen LogP contribution < -0.4 is 5.32 Å². The van der Waals surface area contributed by atoms with Crippen LogP contribution in [0.3, 0.4) is 0 Å². The third-order valence-corrected chi connectivity index (χ3v) is 3.88. The maximum atomic E-state index is 7.42. The monoisotopic (exact) mass is 233 g/mol. The van der Waals surface area contributed by atoms with Crippen LogP contribution in [0.4, 0.5) is 0 Å². The van der Waals surface area contributed by atoms with Gasteiger partial charge in [-0.2, -0.15) is 0 Å². The number of nitrogens with one attached hydrogen (secondary N) is 2. The van der Waals surface area contributed by atoms with E-state index >= 15 is 0 Å². The van der Waals surface area contributed by atoms with E-state index in [-0.39, 0.29) is 0 Å². The number of hydrogen-bond acceptors (Lipinski definition) is 3. The Morgan fingerprint density at radius 3 is 2.41 bits per heavy atom. The smallest absolute Gasteiger partial charge is 0.0981 e. The number of allylic oxidation sites excluding steroid dienone is 2. The molecule has 0 amide bonds. The van der Waals surface area contributed by atoms with Crippen LogP contribution in [0.5, 0.6) is 0 Å². The molecule has 1 aliphatic carbocycles. The Balaban J connectivity index is 1.87. The number of hydrogen-bond donors (Lipinski definition) is 2. The molecule has 0 spiro atoms. The molecule has 94 valence electrons. The molecule has 1 aliphatic heterocycles. The molecule has 0 aromatic rings. The van der Waals surface area contributed by atoms with E-state index in [0.717, 1.165) is 36.4 Å². The van der Waals surface area contributed by atoms with Gasteiger partial charge in [0.25, 0.3) is 0 Å². The van der Waals surface area contributed by atoms with Crippen LogP contribution in [-0.2, 0) is 0 Å². The van der Waals surface area contributed by atoms with E-state index in [4.69, 9.17) is 5.41 Å². The van der Waals surface area contributed by atoms with Gasteiger partial charge >= 0.3 is 0 Å². The lowest BCUT2D eigenvalue weighted by atomic mass is 10.0. The Hall–Kier alpha value is -1.25. The van der Waals surface area contributed by atoms with Gasteiger partial charge in [0.1, 0.15) is 0 Å². The van der Waals surface area contributed by atoms with Crippen molar-refractivity contribution in [2.75, 3.05) is 13.1 Å². The zero-order valence-corrected chi connectivity index (χ0v) is 10.9. The van der Waals surface area contributed by atoms with Crippen LogP contribution in [0.1, 0.15) is 33.1 Å². The summed E-state index contributed by atoms with van der Waals surface area (Å²) in [5.41, 5.74) is 1.57. The molecule has 2 N–H and O–H groups in total. The molecule has 0 bridgehead atoms. The lowest BCUT2D eigenvalue weighted by Gasteiger charge is -2.23. The quantitative estimate of drug-likeness (QED) is 0.733. The summed E-state index contributed by atoms with van der Waals surface area (Å²) in [7, 11) is 0. The minimum Gasteiger partial charge on any atom is -0.358 e. The summed E-state index contributed by atoms with van der Waals surface area (Å²) >= 11 is 0. The molecular formula is C14H23N3. The van der Waals surface area contributed by atoms with E-state index < -0.39 is 0 Å². The van der Waals surface area contributed by atoms with Gasteiger partial charge in [0, 0.05) is 24.5 Å². The van der Waals surface area contributed by atoms with Crippen LogP contribution in [0.2, 0.25) is 0 Å². The van der Waals surface area contributed by atoms with Gasteiger partial charge in [-0.15, -0.1) is 0 Å². The summed E-state index contributed by atoms with van der Waals surface area (Å²) in [5.74, 6) is 2.78. The number of nitrogens with zero attached hydrogens (tertiary/aromatic N) is 1. The fourth-order valence-corrected chi connectivity index (χ4v) is 3.12. The minimum atomic E-state index is 0.570. The van der Waals surface area contributed by atoms with E-state index in [1.165, 1.54) is 19.3 Å². The van der Waals surface area contributed by atoms with Crippen molar-refractivity contribution in [3.63, 3.8) is 0 Å². The van der Waals surface area contributed by atoms with Crippen molar-refractivity contribution < 1.29 is 0 Å². The maximum absolute atomic E-state index is 7.42. The van der Waals surface area contributed by atoms with Crippen LogP contribution in [0.25, 0.3) is 0 Å². The largest absolute Gasteiger partial charge is 0.358 e. The van der Waals surface area contributed by atoms with Crippen molar-refractivity contribution >= 4 is 5.71 Å². The van der Waals surface area contributed by atoms with Crippen molar-refractivity contribution in [2.45, 2.75) is 33.1 Å². The number of rotatable bonds is 4. The lowest BCUT2D eigenvalue weighted by molar-refractivity contribution is 0.368. The summed E-state index contributed by atoms with van der Waals surface area (Å²) < 4.78 is 0. The van der Waals surface area contributed by atoms with E-state index in [1.807, 2.05) is 13.0 Å². The molecule has 2 fully saturated rings. The van der Waals surface area contributed by atoms with Crippen molar-refractivity contribution in [1.29, 1.82) is 5.41 Å². The molecule has 17 heavy (non-hydrogen) atoms. The van der Waals surface area contributed by atoms with E-state index in [9.17, 15) is 0 Å². The zero-order chi connectivity index (χ0) is 12.4. The Bertz CT molecular complexity index is 344. The predicted octanol–water partition coefficient (Wildman–Crippen LogP) is 2.72. The van der Waals surface area contributed by atoms with Gasteiger partial charge in [-0.3, -0.25) is 0 Å². The van der Waals surface area contributed by atoms with Crippen LogP contribution in [0.15, 0.2) is 24.2 Å². The number of likely N-dealkylation sites (tertiary alicyclic amines) is 1. The highest BCUT2D eigenvalue weighted by Crippen LogP contribution is 2.38. The van der Waals surface area contributed by atoms with Gasteiger partial charge in [-0.25, -0.2) is 0 Å². The van der Waals surface area contributed by atoms with Gasteiger partial charge in [0.15, 0.2) is 0 Å². The molecule has 0 radical (unpaired) electrons. The molecule has 1 saturated heterocycles. The topological polar surface area (TPSA) is 39.1 Å². The lowest BCUT2D eigenvalue weighted by Crippen LogP contribution is -2.29. The first-order valence-electron chi connectivity index (χ1n) is 6.50. The van der Waals surface area contributed by atoms with Crippen molar-refractivity contribution in [1.82, 2.24) is 10.2 Å². The predicted molar refractivity (Wildman–Crippen MR) is 71.8 cm³/mol. The standard InChI is InChI=1S/C14H23N3/c1-10(15)7-11(2)16-12(3)17-8-13-5-4-6-14(13)9-17/h7,13-16H,3-6,8-9H2,1-2H3/b11-7+,15-10?. The Labute approximate surface area is 104 Å². The molecule has 0 aromatic heterocycles. The fourth-order valence-electron chi connectivity index (χ4n) is 3.12. The van der Waals surface area contributed by atoms with E-state index in [2.05, 4.69) is 16.8 Å². The molecule has 3 heteroatoms. The van der Waals surface area contributed by atoms with Crippen molar-refractivity contribution in [2.24, 2.45) is 11.8 Å². The second-order valence-electron chi connectivity index (χ2n) is 5.44. The van der Waals surface area contributed by atoms with Gasteiger partial charge in [0.05, 0.1) is 5.82 Å². The van der Waals surface area contributed by atoms with Gasteiger partial charge in [-0.05, 0) is 44.6 Å². The third kappa shape index (κ3) is 2.90. The molecular weight excluding hydrogens is 210 g/mol. The highest BCUT2D eigenvalue weighted by Gasteiger charge is 2.36. The van der Waals surface area contributed by atoms with Crippen molar-refractivity contribution in [3.8, 4) is 0 Å². The van der Waals surface area contributed by atoms with Gasteiger partial charge in [0.2, 0.25) is 0 Å². The molecule has 0 aromatic carbocycles. The SMILES string of the molecule is C=C(N/C(C)=C/C(C)=N)N1CC2CCCC2C1. The summed E-state index contributed by atoms with van der Waals surface area (Å²) in [6, 6.07) is 0. The fraction of sp³-hybridized carbons (Fsp3) is 0.643. The van der Waals surface area contributed by atoms with Crippen LogP contribution >= 0.6 is 0 Å². The normalized spacial score (nSPS) is 28.1. The Morgan fingerprint density at radius 1 is 1.29 bits per heavy atom. The van der Waals surface area contributed by atoms with E-state index in [1.54, 1.807) is 6.92 Å². The Morgan fingerprint density at radius 2 is 1.88 bits per heavy atom. The molecule has 1 saturated carbocycles. The number of fused-ring (bicyclic) bond motifs is 1. The molecule has 2 aliphatic rings.